The van der Waals surface area contributed by atoms with E-state index in [4.69, 9.17) is 0 Å². The molecule has 0 spiro atoms. The van der Waals surface area contributed by atoms with Gasteiger partial charge in [-0.25, -0.2) is 13.8 Å². The van der Waals surface area contributed by atoms with E-state index < -0.39 is 11.6 Å². The van der Waals surface area contributed by atoms with Crippen molar-refractivity contribution in [2.45, 2.75) is 20.4 Å². The first-order valence-corrected chi connectivity index (χ1v) is 8.55. The van der Waals surface area contributed by atoms with E-state index >= 15 is 0 Å². The normalized spacial score (nSPS) is 11.4. The average Bonchev–Trinajstić information content (AvgIpc) is 2.99. The highest BCUT2D eigenvalue weighted by Crippen LogP contribution is 2.37. The van der Waals surface area contributed by atoms with Crippen LogP contribution in [0.4, 0.5) is 14.6 Å². The van der Waals surface area contributed by atoms with E-state index in [1.54, 1.807) is 12.3 Å². The van der Waals surface area contributed by atoms with Gasteiger partial charge in [0.05, 0.1) is 10.4 Å². The second kappa shape index (κ2) is 6.00. The van der Waals surface area contributed by atoms with E-state index in [0.717, 1.165) is 37.6 Å². The molecule has 7 heteroatoms. The van der Waals surface area contributed by atoms with E-state index in [9.17, 15) is 8.78 Å². The summed E-state index contributed by atoms with van der Waals surface area (Å²) in [5, 5.41) is 13.8. The molecule has 0 aliphatic heterocycles. The fourth-order valence-electron chi connectivity index (χ4n) is 2.78. The summed E-state index contributed by atoms with van der Waals surface area (Å²) in [6, 6.07) is 5.83. The third-order valence-corrected chi connectivity index (χ3v) is 5.34. The molecule has 4 nitrogen and oxygen atoms in total. The van der Waals surface area contributed by atoms with Gasteiger partial charge < -0.3 is 5.32 Å². The largest absolute Gasteiger partial charge is 0.365 e. The van der Waals surface area contributed by atoms with E-state index in [1.165, 1.54) is 17.4 Å². The summed E-state index contributed by atoms with van der Waals surface area (Å²) in [5.74, 6) is -1.01. The van der Waals surface area contributed by atoms with Crippen LogP contribution in [-0.2, 0) is 6.54 Å². The van der Waals surface area contributed by atoms with Crippen molar-refractivity contribution in [3.8, 4) is 0 Å². The highest BCUT2D eigenvalue weighted by Gasteiger charge is 2.14. The summed E-state index contributed by atoms with van der Waals surface area (Å²) < 4.78 is 27.4. The molecule has 4 rings (SSSR count). The lowest BCUT2D eigenvalue weighted by molar-refractivity contribution is 0.507. The van der Waals surface area contributed by atoms with Crippen molar-refractivity contribution in [1.82, 2.24) is 15.2 Å². The molecule has 25 heavy (non-hydrogen) atoms. The molecule has 3 heterocycles. The molecule has 0 fully saturated rings. The Morgan fingerprint density at radius 1 is 1.08 bits per heavy atom. The first kappa shape index (κ1) is 15.8. The lowest BCUT2D eigenvalue weighted by Gasteiger charge is -2.07. The van der Waals surface area contributed by atoms with Gasteiger partial charge in [0.25, 0.3) is 0 Å². The summed E-state index contributed by atoms with van der Waals surface area (Å²) in [5.41, 5.74) is 2.65. The van der Waals surface area contributed by atoms with E-state index in [0.29, 0.717) is 17.9 Å². The lowest BCUT2D eigenvalue weighted by atomic mass is 10.1. The predicted molar refractivity (Wildman–Crippen MR) is 95.9 cm³/mol. The number of hydrogen-bond donors (Lipinski definition) is 1. The number of benzene rings is 1. The number of fused-ring (bicyclic) bond motifs is 3. The fraction of sp³-hybridized carbons (Fsp3) is 0.167. The zero-order chi connectivity index (χ0) is 17.6. The predicted octanol–water partition coefficient (Wildman–Crippen LogP) is 4.75. The van der Waals surface area contributed by atoms with Crippen LogP contribution in [0.15, 0.2) is 30.5 Å². The maximum atomic E-state index is 13.3. The molecule has 0 saturated carbocycles. The van der Waals surface area contributed by atoms with Gasteiger partial charge in [-0.3, -0.25) is 0 Å². The molecule has 0 unspecified atom stereocenters. The van der Waals surface area contributed by atoms with Gasteiger partial charge in [0.2, 0.25) is 0 Å². The Balaban J connectivity index is 1.75. The Morgan fingerprint density at radius 3 is 2.72 bits per heavy atom. The van der Waals surface area contributed by atoms with Crippen LogP contribution >= 0.6 is 11.3 Å². The highest BCUT2D eigenvalue weighted by molar-refractivity contribution is 7.26. The van der Waals surface area contributed by atoms with Crippen molar-refractivity contribution >= 4 is 37.5 Å². The quantitative estimate of drug-likeness (QED) is 0.576. The number of halogens is 2. The molecule has 126 valence electrons. The third-order valence-electron chi connectivity index (χ3n) is 4.24. The first-order chi connectivity index (χ1) is 12.0. The molecule has 1 aromatic carbocycles. The van der Waals surface area contributed by atoms with Crippen molar-refractivity contribution in [2.24, 2.45) is 0 Å². The van der Waals surface area contributed by atoms with Crippen molar-refractivity contribution in [2.75, 3.05) is 5.32 Å². The van der Waals surface area contributed by atoms with Gasteiger partial charge in [-0.1, -0.05) is 6.07 Å². The minimum absolute atomic E-state index is 0.348. The topological polar surface area (TPSA) is 50.7 Å². The molecule has 0 saturated heterocycles. The lowest BCUT2D eigenvalue weighted by Crippen LogP contribution is -2.02. The van der Waals surface area contributed by atoms with Gasteiger partial charge in [0.1, 0.15) is 10.6 Å². The minimum atomic E-state index is -0.853. The number of aromatic nitrogens is 3. The van der Waals surface area contributed by atoms with Crippen LogP contribution in [-0.4, -0.2) is 15.2 Å². The summed E-state index contributed by atoms with van der Waals surface area (Å²) in [6.45, 7) is 4.32. The summed E-state index contributed by atoms with van der Waals surface area (Å²) in [6.07, 6.45) is 1.73. The Kier molecular flexibility index (Phi) is 3.80. The maximum absolute atomic E-state index is 13.3. The molecular formula is C18H14F2N4S. The van der Waals surface area contributed by atoms with Gasteiger partial charge in [-0.2, -0.15) is 5.10 Å². The monoisotopic (exact) mass is 356 g/mol. The molecular weight excluding hydrogens is 342 g/mol. The SMILES string of the molecule is Cc1nnc2sc3c(NCc4ccc(F)c(F)c4)nccc3c2c1C. The number of hydrogen-bond acceptors (Lipinski definition) is 5. The van der Waals surface area contributed by atoms with Gasteiger partial charge in [0, 0.05) is 23.5 Å². The zero-order valence-electron chi connectivity index (χ0n) is 13.6. The molecule has 0 bridgehead atoms. The van der Waals surface area contributed by atoms with Crippen LogP contribution < -0.4 is 5.32 Å². The van der Waals surface area contributed by atoms with Crippen molar-refractivity contribution in [3.63, 3.8) is 0 Å². The van der Waals surface area contributed by atoms with Crippen molar-refractivity contribution in [1.29, 1.82) is 0 Å². The Labute approximate surface area is 146 Å². The Morgan fingerprint density at radius 2 is 1.92 bits per heavy atom. The van der Waals surface area contributed by atoms with Gasteiger partial charge in [0.15, 0.2) is 11.6 Å². The molecule has 0 radical (unpaired) electrons. The number of aryl methyl sites for hydroxylation is 2. The van der Waals surface area contributed by atoms with Crippen LogP contribution in [0.2, 0.25) is 0 Å². The van der Waals surface area contributed by atoms with Gasteiger partial charge >= 0.3 is 0 Å². The van der Waals surface area contributed by atoms with Crippen LogP contribution in [0.1, 0.15) is 16.8 Å². The number of anilines is 1. The average molecular weight is 356 g/mol. The standard InChI is InChI=1S/C18H14F2N4S/c1-9-10(2)23-24-18-15(9)12-5-6-21-17(16(12)25-18)22-8-11-3-4-13(19)14(20)7-11/h3-7H,8H2,1-2H3,(H,21,22). The minimum Gasteiger partial charge on any atom is -0.365 e. The second-order valence-corrected chi connectivity index (χ2v) is 6.83. The smallest absolute Gasteiger partial charge is 0.159 e. The highest BCUT2D eigenvalue weighted by atomic mass is 32.1. The number of nitrogens with one attached hydrogen (secondary N) is 1. The zero-order valence-corrected chi connectivity index (χ0v) is 14.4. The molecule has 0 atom stereocenters. The molecule has 4 aromatic rings. The maximum Gasteiger partial charge on any atom is 0.159 e. The first-order valence-electron chi connectivity index (χ1n) is 7.73. The van der Waals surface area contributed by atoms with Gasteiger partial charge in [-0.05, 0) is 43.2 Å². The molecule has 0 amide bonds. The molecule has 3 aromatic heterocycles. The number of pyridine rings is 1. The fourth-order valence-corrected chi connectivity index (χ4v) is 3.92. The van der Waals surface area contributed by atoms with E-state index in [-0.39, 0.29) is 0 Å². The van der Waals surface area contributed by atoms with E-state index in [2.05, 4.69) is 20.5 Å². The summed E-state index contributed by atoms with van der Waals surface area (Å²) in [7, 11) is 0. The second-order valence-electron chi connectivity index (χ2n) is 5.83. The summed E-state index contributed by atoms with van der Waals surface area (Å²) >= 11 is 1.52. The van der Waals surface area contributed by atoms with Crippen LogP contribution in [0.25, 0.3) is 20.3 Å². The van der Waals surface area contributed by atoms with Crippen LogP contribution in [0.5, 0.6) is 0 Å². The summed E-state index contributed by atoms with van der Waals surface area (Å²) in [4.78, 5) is 5.26. The van der Waals surface area contributed by atoms with Crippen LogP contribution in [0.3, 0.4) is 0 Å². The van der Waals surface area contributed by atoms with Gasteiger partial charge in [-0.15, -0.1) is 16.4 Å². The Hall–Kier alpha value is -2.67. The van der Waals surface area contributed by atoms with Crippen molar-refractivity contribution < 1.29 is 8.78 Å². The van der Waals surface area contributed by atoms with Crippen LogP contribution in [0, 0.1) is 25.5 Å². The third kappa shape index (κ3) is 2.70. The molecule has 1 N–H and O–H groups in total. The number of rotatable bonds is 3. The van der Waals surface area contributed by atoms with Crippen molar-refractivity contribution in [3.05, 3.63) is 58.9 Å². The number of nitrogens with zero attached hydrogens (tertiary/aromatic N) is 3. The number of thiophene rings is 1. The van der Waals surface area contributed by atoms with E-state index in [1.807, 2.05) is 19.9 Å². The molecule has 0 aliphatic rings. The Bertz CT molecular complexity index is 1110. The molecule has 0 aliphatic carbocycles.